The van der Waals surface area contributed by atoms with Crippen molar-refractivity contribution in [3.8, 4) is 11.4 Å². The highest BCUT2D eigenvalue weighted by Crippen LogP contribution is 2.23. The summed E-state index contributed by atoms with van der Waals surface area (Å²) in [5.74, 6) is 0.154. The Morgan fingerprint density at radius 1 is 1.03 bits per heavy atom. The Bertz CT molecular complexity index is 971. The lowest BCUT2D eigenvalue weighted by molar-refractivity contribution is -0.141. The molecule has 3 aromatic rings. The molecular weight excluding hydrogens is 390 g/mol. The van der Waals surface area contributed by atoms with Crippen LogP contribution >= 0.6 is 11.8 Å². The molecule has 0 atom stereocenters. The molecular formula is C21H21N3O4S. The Morgan fingerprint density at radius 3 is 2.41 bits per heavy atom. The van der Waals surface area contributed by atoms with Crippen molar-refractivity contribution in [3.05, 3.63) is 65.7 Å². The lowest BCUT2D eigenvalue weighted by atomic mass is 10.1. The fraction of sp³-hybridized carbons (Fsp3) is 0.238. The lowest BCUT2D eigenvalue weighted by Gasteiger charge is -2.08. The summed E-state index contributed by atoms with van der Waals surface area (Å²) in [4.78, 5) is 23.5. The summed E-state index contributed by atoms with van der Waals surface area (Å²) in [6.07, 6.45) is 0. The van der Waals surface area contributed by atoms with E-state index in [4.69, 9.17) is 4.74 Å². The molecule has 1 heterocycles. The first-order valence-corrected chi connectivity index (χ1v) is 10.0. The molecule has 0 aliphatic rings. The van der Waals surface area contributed by atoms with Crippen LogP contribution in [0.2, 0.25) is 0 Å². The molecule has 29 heavy (non-hydrogen) atoms. The highest BCUT2D eigenvalue weighted by Gasteiger charge is 2.15. The molecule has 3 rings (SSSR count). The Kier molecular flexibility index (Phi) is 7.02. The molecule has 0 saturated carbocycles. The normalized spacial score (nSPS) is 10.6. The number of hydrogen-bond donors (Lipinski definition) is 0. The molecule has 0 fully saturated rings. The summed E-state index contributed by atoms with van der Waals surface area (Å²) in [5, 5.41) is 9.14. The van der Waals surface area contributed by atoms with Crippen LogP contribution in [0.1, 0.15) is 22.8 Å². The number of aromatic nitrogens is 3. The van der Waals surface area contributed by atoms with Crippen molar-refractivity contribution in [2.75, 3.05) is 12.9 Å². The van der Waals surface area contributed by atoms with Crippen molar-refractivity contribution in [2.24, 2.45) is 0 Å². The summed E-state index contributed by atoms with van der Waals surface area (Å²) >= 11 is 1.29. The maximum Gasteiger partial charge on any atom is 0.337 e. The number of rotatable bonds is 8. The van der Waals surface area contributed by atoms with E-state index in [1.807, 2.05) is 41.8 Å². The minimum atomic E-state index is -0.403. The standard InChI is InChI=1S/C21H21N3O4S/c1-3-24-19(16-7-5-4-6-8-16)22-23-21(24)29-14-18(25)28-13-15-9-11-17(12-10-15)20(26)27-2/h4-12H,3,13-14H2,1-2H3. The molecule has 0 radical (unpaired) electrons. The predicted molar refractivity (Wildman–Crippen MR) is 109 cm³/mol. The average molecular weight is 411 g/mol. The van der Waals surface area contributed by atoms with Gasteiger partial charge >= 0.3 is 11.9 Å². The lowest BCUT2D eigenvalue weighted by Crippen LogP contribution is -2.09. The second-order valence-corrected chi connectivity index (χ2v) is 7.00. The molecule has 0 saturated heterocycles. The molecule has 0 aliphatic heterocycles. The van der Waals surface area contributed by atoms with Gasteiger partial charge < -0.3 is 14.0 Å². The van der Waals surface area contributed by atoms with Gasteiger partial charge in [0, 0.05) is 12.1 Å². The highest BCUT2D eigenvalue weighted by atomic mass is 32.2. The van der Waals surface area contributed by atoms with Gasteiger partial charge in [0.15, 0.2) is 11.0 Å². The van der Waals surface area contributed by atoms with E-state index in [-0.39, 0.29) is 18.3 Å². The van der Waals surface area contributed by atoms with Crippen LogP contribution < -0.4 is 0 Å². The SMILES string of the molecule is CCn1c(SCC(=O)OCc2ccc(C(=O)OC)cc2)nnc1-c1ccccc1. The Morgan fingerprint density at radius 2 is 1.76 bits per heavy atom. The average Bonchev–Trinajstić information content (AvgIpc) is 3.19. The molecule has 8 heteroatoms. The van der Waals surface area contributed by atoms with Crippen LogP contribution in [-0.2, 0) is 27.4 Å². The molecule has 1 aromatic heterocycles. The molecule has 150 valence electrons. The van der Waals surface area contributed by atoms with Crippen molar-refractivity contribution >= 4 is 23.7 Å². The molecule has 0 unspecified atom stereocenters. The maximum atomic E-state index is 12.1. The minimum absolute atomic E-state index is 0.132. The first kappa shape index (κ1) is 20.6. The van der Waals surface area contributed by atoms with Crippen molar-refractivity contribution in [1.82, 2.24) is 14.8 Å². The van der Waals surface area contributed by atoms with E-state index >= 15 is 0 Å². The maximum absolute atomic E-state index is 12.1. The van der Waals surface area contributed by atoms with Crippen molar-refractivity contribution in [1.29, 1.82) is 0 Å². The third kappa shape index (κ3) is 5.23. The quantitative estimate of drug-likeness (QED) is 0.414. The van der Waals surface area contributed by atoms with E-state index in [2.05, 4.69) is 14.9 Å². The third-order valence-electron chi connectivity index (χ3n) is 4.16. The van der Waals surface area contributed by atoms with Gasteiger partial charge in [0.1, 0.15) is 6.61 Å². The Balaban J connectivity index is 1.54. The summed E-state index contributed by atoms with van der Waals surface area (Å²) in [5.41, 5.74) is 2.22. The number of nitrogens with zero attached hydrogens (tertiary/aromatic N) is 3. The number of carbonyl (C=O) groups excluding carboxylic acids is 2. The largest absolute Gasteiger partial charge is 0.465 e. The molecule has 0 bridgehead atoms. The number of ether oxygens (including phenoxy) is 2. The van der Waals surface area contributed by atoms with Crippen LogP contribution in [0, 0.1) is 0 Å². The topological polar surface area (TPSA) is 83.3 Å². The number of carbonyl (C=O) groups is 2. The van der Waals surface area contributed by atoms with Gasteiger partial charge in [-0.1, -0.05) is 54.2 Å². The van der Waals surface area contributed by atoms with E-state index in [0.29, 0.717) is 17.3 Å². The summed E-state index contributed by atoms with van der Waals surface area (Å²) in [6, 6.07) is 16.5. The van der Waals surface area contributed by atoms with E-state index in [9.17, 15) is 9.59 Å². The smallest absolute Gasteiger partial charge is 0.337 e. The third-order valence-corrected chi connectivity index (χ3v) is 5.10. The van der Waals surface area contributed by atoms with Crippen LogP contribution in [0.5, 0.6) is 0 Å². The van der Waals surface area contributed by atoms with Gasteiger partial charge in [-0.25, -0.2) is 4.79 Å². The Hall–Kier alpha value is -3.13. The zero-order valence-electron chi connectivity index (χ0n) is 16.2. The molecule has 0 N–H and O–H groups in total. The van der Waals surface area contributed by atoms with Gasteiger partial charge in [0.05, 0.1) is 18.4 Å². The van der Waals surface area contributed by atoms with Gasteiger partial charge in [-0.05, 0) is 24.6 Å². The van der Waals surface area contributed by atoms with Gasteiger partial charge in [-0.2, -0.15) is 0 Å². The van der Waals surface area contributed by atoms with Crippen LogP contribution in [0.25, 0.3) is 11.4 Å². The zero-order chi connectivity index (χ0) is 20.6. The second kappa shape index (κ2) is 9.88. The van der Waals surface area contributed by atoms with Crippen LogP contribution in [0.15, 0.2) is 59.8 Å². The molecule has 0 spiro atoms. The first-order valence-electron chi connectivity index (χ1n) is 9.06. The summed E-state index contributed by atoms with van der Waals surface area (Å²) < 4.78 is 11.9. The number of thioether (sulfide) groups is 1. The number of esters is 2. The zero-order valence-corrected chi connectivity index (χ0v) is 17.0. The van der Waals surface area contributed by atoms with Gasteiger partial charge in [0.2, 0.25) is 0 Å². The minimum Gasteiger partial charge on any atom is -0.465 e. The fourth-order valence-corrected chi connectivity index (χ4v) is 3.47. The van der Waals surface area contributed by atoms with Crippen LogP contribution in [-0.4, -0.2) is 39.6 Å². The number of methoxy groups -OCH3 is 1. The van der Waals surface area contributed by atoms with Gasteiger partial charge in [0.25, 0.3) is 0 Å². The van der Waals surface area contributed by atoms with Crippen LogP contribution in [0.4, 0.5) is 0 Å². The summed E-state index contributed by atoms with van der Waals surface area (Å²) in [7, 11) is 1.33. The molecule has 0 aliphatic carbocycles. The number of hydrogen-bond acceptors (Lipinski definition) is 7. The van der Waals surface area contributed by atoms with Crippen molar-refractivity contribution in [3.63, 3.8) is 0 Å². The van der Waals surface area contributed by atoms with E-state index < -0.39 is 5.97 Å². The fourth-order valence-electron chi connectivity index (χ4n) is 2.67. The first-order chi connectivity index (χ1) is 14.1. The van der Waals surface area contributed by atoms with Crippen LogP contribution in [0.3, 0.4) is 0 Å². The summed E-state index contributed by atoms with van der Waals surface area (Å²) in [6.45, 7) is 2.84. The predicted octanol–water partition coefficient (Wildman–Crippen LogP) is 3.59. The van der Waals surface area contributed by atoms with Crippen molar-refractivity contribution < 1.29 is 19.1 Å². The molecule has 0 amide bonds. The highest BCUT2D eigenvalue weighted by molar-refractivity contribution is 7.99. The monoisotopic (exact) mass is 411 g/mol. The van der Waals surface area contributed by atoms with E-state index in [0.717, 1.165) is 17.0 Å². The number of benzene rings is 2. The van der Waals surface area contributed by atoms with Crippen molar-refractivity contribution in [2.45, 2.75) is 25.2 Å². The van der Waals surface area contributed by atoms with Gasteiger partial charge in [-0.3, -0.25) is 4.79 Å². The van der Waals surface area contributed by atoms with Gasteiger partial charge in [-0.15, -0.1) is 10.2 Å². The molecule has 2 aromatic carbocycles. The van der Waals surface area contributed by atoms with E-state index in [1.165, 1.54) is 18.9 Å². The molecule has 7 nitrogen and oxygen atoms in total. The van der Waals surface area contributed by atoms with E-state index in [1.54, 1.807) is 24.3 Å². The Labute approximate surface area is 173 Å². The second-order valence-electron chi connectivity index (χ2n) is 6.05.